The van der Waals surface area contributed by atoms with E-state index in [0.717, 1.165) is 17.9 Å². The fourth-order valence-corrected chi connectivity index (χ4v) is 1.20. The van der Waals surface area contributed by atoms with Crippen molar-refractivity contribution in [2.24, 2.45) is 0 Å². The van der Waals surface area contributed by atoms with Crippen molar-refractivity contribution in [3.63, 3.8) is 0 Å². The van der Waals surface area contributed by atoms with Crippen molar-refractivity contribution < 1.29 is 9.53 Å². The molecule has 0 bridgehead atoms. The molecule has 1 heterocycles. The van der Waals surface area contributed by atoms with Gasteiger partial charge in [0.1, 0.15) is 11.6 Å². The standard InChI is InChI=1S/C11H16N2O2/c1-9(14)7-10-3-4-11(13-8-10)12-5-6-15-2/h3-4,8H,5-7H2,1-2H3,(H,12,13). The van der Waals surface area contributed by atoms with Crippen LogP contribution in [-0.4, -0.2) is 31.0 Å². The number of ketones is 1. The molecular weight excluding hydrogens is 192 g/mol. The molecule has 1 rings (SSSR count). The zero-order chi connectivity index (χ0) is 11.1. The minimum absolute atomic E-state index is 0.150. The van der Waals surface area contributed by atoms with Crippen molar-refractivity contribution in [3.05, 3.63) is 23.9 Å². The Kier molecular flexibility index (Phi) is 4.77. The maximum Gasteiger partial charge on any atom is 0.134 e. The number of nitrogens with one attached hydrogen (secondary N) is 1. The molecule has 0 aliphatic heterocycles. The Labute approximate surface area is 89.7 Å². The summed E-state index contributed by atoms with van der Waals surface area (Å²) < 4.78 is 4.90. The van der Waals surface area contributed by atoms with E-state index in [2.05, 4.69) is 10.3 Å². The fraction of sp³-hybridized carbons (Fsp3) is 0.455. The molecule has 0 radical (unpaired) electrons. The van der Waals surface area contributed by atoms with Gasteiger partial charge in [0.05, 0.1) is 6.61 Å². The Hall–Kier alpha value is -1.42. The van der Waals surface area contributed by atoms with Crippen molar-refractivity contribution in [3.8, 4) is 0 Å². The van der Waals surface area contributed by atoms with E-state index in [-0.39, 0.29) is 5.78 Å². The molecule has 0 unspecified atom stereocenters. The topological polar surface area (TPSA) is 51.2 Å². The summed E-state index contributed by atoms with van der Waals surface area (Å²) in [7, 11) is 1.66. The predicted molar refractivity (Wildman–Crippen MR) is 59.0 cm³/mol. The highest BCUT2D eigenvalue weighted by atomic mass is 16.5. The van der Waals surface area contributed by atoms with Crippen LogP contribution in [0.2, 0.25) is 0 Å². The number of carbonyl (C=O) groups excluding carboxylic acids is 1. The Bertz CT molecular complexity index is 309. The van der Waals surface area contributed by atoms with Gasteiger partial charge in [0, 0.05) is 26.3 Å². The Morgan fingerprint density at radius 2 is 2.33 bits per heavy atom. The lowest BCUT2D eigenvalue weighted by Gasteiger charge is -2.05. The summed E-state index contributed by atoms with van der Waals surface area (Å²) >= 11 is 0. The molecule has 0 aliphatic rings. The van der Waals surface area contributed by atoms with Crippen LogP contribution in [0.3, 0.4) is 0 Å². The second-order valence-electron chi connectivity index (χ2n) is 3.35. The summed E-state index contributed by atoms with van der Waals surface area (Å²) in [5.41, 5.74) is 0.944. The van der Waals surface area contributed by atoms with Crippen LogP contribution in [0.4, 0.5) is 5.82 Å². The molecule has 0 aliphatic carbocycles. The highest BCUT2D eigenvalue weighted by molar-refractivity contribution is 5.78. The molecule has 1 N–H and O–H groups in total. The Balaban J connectivity index is 2.45. The van der Waals surface area contributed by atoms with E-state index in [1.54, 1.807) is 20.2 Å². The molecule has 82 valence electrons. The van der Waals surface area contributed by atoms with Gasteiger partial charge in [-0.2, -0.15) is 0 Å². The van der Waals surface area contributed by atoms with Gasteiger partial charge < -0.3 is 10.1 Å². The summed E-state index contributed by atoms with van der Waals surface area (Å²) in [6.07, 6.45) is 2.17. The number of Topliss-reactive ketones (excluding diaryl/α,β-unsaturated/α-hetero) is 1. The maximum absolute atomic E-state index is 10.8. The SMILES string of the molecule is COCCNc1ccc(CC(C)=O)cn1. The molecule has 0 amide bonds. The summed E-state index contributed by atoms with van der Waals surface area (Å²) in [4.78, 5) is 15.0. The second kappa shape index (κ2) is 6.14. The minimum Gasteiger partial charge on any atom is -0.383 e. The highest BCUT2D eigenvalue weighted by Gasteiger charge is 1.98. The molecule has 4 nitrogen and oxygen atoms in total. The van der Waals surface area contributed by atoms with Crippen LogP contribution in [0, 0.1) is 0 Å². The third kappa shape index (κ3) is 4.56. The Morgan fingerprint density at radius 1 is 1.53 bits per heavy atom. The zero-order valence-corrected chi connectivity index (χ0v) is 9.12. The summed E-state index contributed by atoms with van der Waals surface area (Å²) in [6, 6.07) is 3.78. The number of carbonyl (C=O) groups is 1. The van der Waals surface area contributed by atoms with Crippen LogP contribution in [0.25, 0.3) is 0 Å². The van der Waals surface area contributed by atoms with E-state index in [1.165, 1.54) is 0 Å². The van der Waals surface area contributed by atoms with Crippen LogP contribution < -0.4 is 5.32 Å². The molecule has 0 fully saturated rings. The van der Waals surface area contributed by atoms with Crippen molar-refractivity contribution in [2.45, 2.75) is 13.3 Å². The van der Waals surface area contributed by atoms with Crippen LogP contribution in [0.15, 0.2) is 18.3 Å². The van der Waals surface area contributed by atoms with Crippen LogP contribution in [0.5, 0.6) is 0 Å². The first-order chi connectivity index (χ1) is 7.22. The summed E-state index contributed by atoms with van der Waals surface area (Å²) in [6.45, 7) is 2.96. The van der Waals surface area contributed by atoms with Gasteiger partial charge in [0.15, 0.2) is 0 Å². The third-order valence-electron chi connectivity index (χ3n) is 1.89. The second-order valence-corrected chi connectivity index (χ2v) is 3.35. The van der Waals surface area contributed by atoms with Gasteiger partial charge in [-0.15, -0.1) is 0 Å². The highest BCUT2D eigenvalue weighted by Crippen LogP contribution is 2.05. The van der Waals surface area contributed by atoms with Gasteiger partial charge >= 0.3 is 0 Å². The molecule has 4 heteroatoms. The quantitative estimate of drug-likeness (QED) is 0.715. The molecule has 1 aromatic heterocycles. The number of aromatic nitrogens is 1. The minimum atomic E-state index is 0.150. The number of nitrogens with zero attached hydrogens (tertiary/aromatic N) is 1. The summed E-state index contributed by atoms with van der Waals surface area (Å²) in [5, 5.41) is 3.11. The number of methoxy groups -OCH3 is 1. The van der Waals surface area contributed by atoms with E-state index in [0.29, 0.717) is 13.0 Å². The van der Waals surface area contributed by atoms with E-state index in [1.807, 2.05) is 12.1 Å². The van der Waals surface area contributed by atoms with E-state index in [9.17, 15) is 4.79 Å². The molecule has 1 aromatic rings. The van der Waals surface area contributed by atoms with Crippen molar-refractivity contribution in [2.75, 3.05) is 25.6 Å². The number of pyridine rings is 1. The number of hydrogen-bond donors (Lipinski definition) is 1. The summed E-state index contributed by atoms with van der Waals surface area (Å²) in [5.74, 6) is 0.955. The number of ether oxygens (including phenoxy) is 1. The molecule has 0 atom stereocenters. The largest absolute Gasteiger partial charge is 0.383 e. The molecule has 15 heavy (non-hydrogen) atoms. The monoisotopic (exact) mass is 208 g/mol. The van der Waals surface area contributed by atoms with E-state index >= 15 is 0 Å². The van der Waals surface area contributed by atoms with Gasteiger partial charge in [-0.3, -0.25) is 4.79 Å². The number of anilines is 1. The van der Waals surface area contributed by atoms with Gasteiger partial charge in [0.2, 0.25) is 0 Å². The molecule has 0 spiro atoms. The average Bonchev–Trinajstić information content (AvgIpc) is 2.20. The first-order valence-electron chi connectivity index (χ1n) is 4.89. The van der Waals surface area contributed by atoms with E-state index < -0.39 is 0 Å². The molecule has 0 aromatic carbocycles. The van der Waals surface area contributed by atoms with Gasteiger partial charge in [-0.25, -0.2) is 4.98 Å². The predicted octanol–water partition coefficient (Wildman–Crippen LogP) is 1.27. The van der Waals surface area contributed by atoms with Crippen molar-refractivity contribution in [1.82, 2.24) is 4.98 Å². The first-order valence-corrected chi connectivity index (χ1v) is 4.89. The lowest BCUT2D eigenvalue weighted by Crippen LogP contribution is -2.08. The first kappa shape index (κ1) is 11.7. The number of rotatable bonds is 6. The van der Waals surface area contributed by atoms with Crippen LogP contribution in [-0.2, 0) is 16.0 Å². The zero-order valence-electron chi connectivity index (χ0n) is 9.12. The van der Waals surface area contributed by atoms with Crippen LogP contribution >= 0.6 is 0 Å². The van der Waals surface area contributed by atoms with Crippen molar-refractivity contribution in [1.29, 1.82) is 0 Å². The third-order valence-corrected chi connectivity index (χ3v) is 1.89. The number of hydrogen-bond acceptors (Lipinski definition) is 4. The smallest absolute Gasteiger partial charge is 0.134 e. The molecule has 0 saturated heterocycles. The Morgan fingerprint density at radius 3 is 2.87 bits per heavy atom. The van der Waals surface area contributed by atoms with E-state index in [4.69, 9.17) is 4.74 Å². The van der Waals surface area contributed by atoms with Crippen molar-refractivity contribution >= 4 is 11.6 Å². The lowest BCUT2D eigenvalue weighted by atomic mass is 10.1. The molecule has 0 saturated carbocycles. The molecular formula is C11H16N2O2. The van der Waals surface area contributed by atoms with Gasteiger partial charge in [-0.05, 0) is 18.6 Å². The van der Waals surface area contributed by atoms with Gasteiger partial charge in [-0.1, -0.05) is 6.07 Å². The van der Waals surface area contributed by atoms with Crippen LogP contribution in [0.1, 0.15) is 12.5 Å². The fourth-order valence-electron chi connectivity index (χ4n) is 1.20. The maximum atomic E-state index is 10.8. The normalized spacial score (nSPS) is 10.0. The van der Waals surface area contributed by atoms with Gasteiger partial charge in [0.25, 0.3) is 0 Å². The average molecular weight is 208 g/mol. The lowest BCUT2D eigenvalue weighted by molar-refractivity contribution is -0.116.